The van der Waals surface area contributed by atoms with Crippen molar-refractivity contribution in [3.05, 3.63) is 0 Å². The van der Waals surface area contributed by atoms with Gasteiger partial charge in [-0.3, -0.25) is 14.7 Å². The minimum atomic E-state index is -3.43. The maximum absolute atomic E-state index is 13.5. The van der Waals surface area contributed by atoms with Crippen molar-refractivity contribution in [2.45, 2.75) is 72.2 Å². The molecule has 24 heavy (non-hydrogen) atoms. The Morgan fingerprint density at radius 1 is 1.08 bits per heavy atom. The van der Waals surface area contributed by atoms with E-state index in [1.165, 1.54) is 0 Å². The van der Waals surface area contributed by atoms with E-state index in [2.05, 4.69) is 5.32 Å². The van der Waals surface area contributed by atoms with Crippen molar-refractivity contribution in [2.24, 2.45) is 5.92 Å². The Hall–Kier alpha value is -0.460. The quantitative estimate of drug-likeness (QED) is 0.358. The van der Waals surface area contributed by atoms with Crippen LogP contribution < -0.4 is 5.32 Å². The number of carboxylic acid groups (broad SMARTS) is 1. The molecular weight excluding hydrogens is 333 g/mol. The van der Waals surface area contributed by atoms with Gasteiger partial charge in [-0.2, -0.15) is 0 Å². The van der Waals surface area contributed by atoms with Crippen LogP contribution in [0.2, 0.25) is 0 Å². The molecule has 0 radical (unpaired) electrons. The van der Waals surface area contributed by atoms with Gasteiger partial charge >= 0.3 is 5.97 Å². The lowest BCUT2D eigenvalue weighted by atomic mass is 10.0. The number of rotatable bonds is 14. The number of aliphatic carboxylic acids is 1. The largest absolute Gasteiger partial charge is 0.480 e. The van der Waals surface area contributed by atoms with Crippen LogP contribution in [0.1, 0.15) is 54.4 Å². The maximum atomic E-state index is 13.5. The summed E-state index contributed by atoms with van der Waals surface area (Å²) < 4.78 is 30.1. The Bertz CT molecular complexity index is 398. The van der Waals surface area contributed by atoms with Gasteiger partial charge in [0.1, 0.15) is 6.04 Å². The van der Waals surface area contributed by atoms with E-state index in [4.69, 9.17) is 14.0 Å². The van der Waals surface area contributed by atoms with E-state index in [0.29, 0.717) is 26.1 Å². The monoisotopic (exact) mass is 367 g/mol. The summed E-state index contributed by atoms with van der Waals surface area (Å²) in [6.07, 6.45) is 0.877. The number of carbonyl (C=O) groups is 1. The highest BCUT2D eigenvalue weighted by atomic mass is 31.2. The van der Waals surface area contributed by atoms with Crippen LogP contribution in [-0.4, -0.2) is 48.8 Å². The van der Waals surface area contributed by atoms with Crippen molar-refractivity contribution in [1.29, 1.82) is 0 Å². The third-order valence-corrected chi connectivity index (χ3v) is 6.39. The second kappa shape index (κ2) is 12.0. The van der Waals surface area contributed by atoms with Crippen LogP contribution in [0.3, 0.4) is 0 Å². The molecular formula is C16H34NO6P. The SMILES string of the molecule is CCOC(OCC)[P@@](=O)(OCC)[C@H](CC)N[C@H](CC(C)C)C(=O)O. The number of hydrogen-bond donors (Lipinski definition) is 2. The fourth-order valence-corrected chi connectivity index (χ4v) is 5.07. The minimum absolute atomic E-state index is 0.192. The van der Waals surface area contributed by atoms with Crippen molar-refractivity contribution < 1.29 is 28.5 Å². The van der Waals surface area contributed by atoms with Crippen molar-refractivity contribution in [2.75, 3.05) is 19.8 Å². The molecule has 3 atom stereocenters. The Kier molecular flexibility index (Phi) is 11.8. The standard InChI is InChI=1S/C16H34NO6P/c1-7-14(17-13(15(18)19)11-12(5)6)24(20,23-10-4)16(21-8-2)22-9-3/h12-14,16-17H,7-11H2,1-6H3,(H,18,19)/t13-,14-,24+/m1/s1. The summed E-state index contributed by atoms with van der Waals surface area (Å²) in [5.41, 5.74) is 0. The average Bonchev–Trinajstić information content (AvgIpc) is 2.50. The summed E-state index contributed by atoms with van der Waals surface area (Å²) in [7, 11) is -3.43. The number of carboxylic acids is 1. The normalized spacial score (nSPS) is 17.0. The lowest BCUT2D eigenvalue weighted by Crippen LogP contribution is -2.45. The molecule has 0 saturated carbocycles. The topological polar surface area (TPSA) is 94.1 Å². The van der Waals surface area contributed by atoms with Gasteiger partial charge < -0.3 is 19.1 Å². The van der Waals surface area contributed by atoms with E-state index in [0.717, 1.165) is 0 Å². The van der Waals surface area contributed by atoms with Crippen molar-refractivity contribution >= 4 is 13.3 Å². The first-order valence-corrected chi connectivity index (χ1v) is 10.5. The zero-order valence-corrected chi connectivity index (χ0v) is 16.7. The molecule has 0 aliphatic rings. The predicted molar refractivity (Wildman–Crippen MR) is 94.4 cm³/mol. The fraction of sp³-hybridized carbons (Fsp3) is 0.938. The van der Waals surface area contributed by atoms with Gasteiger partial charge in [0.25, 0.3) is 7.37 Å². The molecule has 2 N–H and O–H groups in total. The highest BCUT2D eigenvalue weighted by molar-refractivity contribution is 7.60. The maximum Gasteiger partial charge on any atom is 0.320 e. The molecule has 0 bridgehead atoms. The van der Waals surface area contributed by atoms with E-state index in [9.17, 15) is 14.5 Å². The van der Waals surface area contributed by atoms with E-state index >= 15 is 0 Å². The molecule has 7 nitrogen and oxygen atoms in total. The van der Waals surface area contributed by atoms with E-state index in [-0.39, 0.29) is 12.5 Å². The summed E-state index contributed by atoms with van der Waals surface area (Å²) >= 11 is 0. The van der Waals surface area contributed by atoms with Crippen molar-refractivity contribution in [3.63, 3.8) is 0 Å². The summed E-state index contributed by atoms with van der Waals surface area (Å²) in [6.45, 7) is 11.9. The number of ether oxygens (including phenoxy) is 2. The van der Waals surface area contributed by atoms with Gasteiger partial charge in [-0.05, 0) is 39.5 Å². The van der Waals surface area contributed by atoms with Crippen molar-refractivity contribution in [1.82, 2.24) is 5.32 Å². The molecule has 8 heteroatoms. The molecule has 0 spiro atoms. The van der Waals surface area contributed by atoms with Gasteiger partial charge in [-0.25, -0.2) is 0 Å². The molecule has 0 rings (SSSR count). The Morgan fingerprint density at radius 3 is 1.96 bits per heavy atom. The molecule has 0 unspecified atom stereocenters. The summed E-state index contributed by atoms with van der Waals surface area (Å²) in [4.78, 5) is 11.5. The minimum Gasteiger partial charge on any atom is -0.480 e. The van der Waals surface area contributed by atoms with E-state index in [1.54, 1.807) is 20.8 Å². The third-order valence-electron chi connectivity index (χ3n) is 3.46. The first-order chi connectivity index (χ1) is 11.3. The Labute approximate surface area is 145 Å². The third kappa shape index (κ3) is 7.19. The first kappa shape index (κ1) is 23.5. The molecule has 0 aliphatic carbocycles. The molecule has 0 saturated heterocycles. The van der Waals surface area contributed by atoms with Crippen LogP contribution in [0.5, 0.6) is 0 Å². The van der Waals surface area contributed by atoms with Gasteiger partial charge in [0.15, 0.2) is 0 Å². The Morgan fingerprint density at radius 2 is 1.62 bits per heavy atom. The van der Waals surface area contributed by atoms with Crippen LogP contribution in [0.4, 0.5) is 0 Å². The van der Waals surface area contributed by atoms with Crippen LogP contribution in [0.15, 0.2) is 0 Å². The van der Waals surface area contributed by atoms with Gasteiger partial charge in [-0.15, -0.1) is 0 Å². The van der Waals surface area contributed by atoms with Crippen LogP contribution in [0.25, 0.3) is 0 Å². The average molecular weight is 367 g/mol. The van der Waals surface area contributed by atoms with Crippen LogP contribution in [0, 0.1) is 5.92 Å². The van der Waals surface area contributed by atoms with Gasteiger partial charge in [0, 0.05) is 13.2 Å². The second-order valence-corrected chi connectivity index (χ2v) is 8.49. The van der Waals surface area contributed by atoms with Gasteiger partial charge in [0.2, 0.25) is 6.03 Å². The number of nitrogens with one attached hydrogen (secondary N) is 1. The summed E-state index contributed by atoms with van der Waals surface area (Å²) in [6, 6.07) is -1.80. The number of hydrogen-bond acceptors (Lipinski definition) is 6. The predicted octanol–water partition coefficient (Wildman–Crippen LogP) is 3.48. The first-order valence-electron chi connectivity index (χ1n) is 8.72. The zero-order chi connectivity index (χ0) is 18.8. The Balaban J connectivity index is 5.52. The summed E-state index contributed by atoms with van der Waals surface area (Å²) in [5, 5.41) is 12.5. The van der Waals surface area contributed by atoms with E-state index in [1.807, 2.05) is 20.8 Å². The van der Waals surface area contributed by atoms with E-state index < -0.39 is 31.2 Å². The highest BCUT2D eigenvalue weighted by Gasteiger charge is 2.44. The lowest BCUT2D eigenvalue weighted by molar-refractivity contribution is -0.140. The molecule has 144 valence electrons. The molecule has 0 heterocycles. The van der Waals surface area contributed by atoms with Crippen molar-refractivity contribution in [3.8, 4) is 0 Å². The lowest BCUT2D eigenvalue weighted by Gasteiger charge is -2.34. The molecule has 0 aromatic heterocycles. The fourth-order valence-electron chi connectivity index (χ4n) is 2.46. The second-order valence-electron chi connectivity index (χ2n) is 5.89. The van der Waals surface area contributed by atoms with Gasteiger partial charge in [-0.1, -0.05) is 20.8 Å². The summed E-state index contributed by atoms with van der Waals surface area (Å²) in [5.74, 6) is -1.42. The highest BCUT2D eigenvalue weighted by Crippen LogP contribution is 2.57. The molecule has 0 fully saturated rings. The smallest absolute Gasteiger partial charge is 0.320 e. The van der Waals surface area contributed by atoms with Crippen LogP contribution >= 0.6 is 7.37 Å². The van der Waals surface area contributed by atoms with Gasteiger partial charge in [0.05, 0.1) is 12.4 Å². The molecule has 0 aromatic rings. The molecule has 0 aliphatic heterocycles. The van der Waals surface area contributed by atoms with Crippen LogP contribution in [-0.2, 0) is 23.4 Å². The zero-order valence-electron chi connectivity index (χ0n) is 15.8. The molecule has 0 amide bonds. The molecule has 0 aromatic carbocycles.